The van der Waals surface area contributed by atoms with Gasteiger partial charge in [-0.3, -0.25) is 14.1 Å². The number of H-pyrrole nitrogens is 1. The van der Waals surface area contributed by atoms with Crippen LogP contribution in [0.3, 0.4) is 0 Å². The summed E-state index contributed by atoms with van der Waals surface area (Å²) in [7, 11) is -1.22. The number of ether oxygens (including phenoxy) is 1. The molecular weight excluding hydrogens is 477 g/mol. The number of piperazine rings is 1. The predicted molar refractivity (Wildman–Crippen MR) is 123 cm³/mol. The topological polar surface area (TPSA) is 95.9 Å². The molecule has 1 saturated heterocycles. The minimum Gasteiger partial charge on any atom is -0.445 e. The maximum absolute atomic E-state index is 12.6. The summed E-state index contributed by atoms with van der Waals surface area (Å²) in [6.07, 6.45) is -0.384. The van der Waals surface area contributed by atoms with Crippen molar-refractivity contribution >= 4 is 51.2 Å². The molecule has 1 amide bonds. The molecule has 2 heterocycles. The van der Waals surface area contributed by atoms with Crippen LogP contribution in [0.15, 0.2) is 50.5 Å². The van der Waals surface area contributed by atoms with E-state index in [0.717, 1.165) is 5.56 Å². The average molecular weight is 498 g/mol. The van der Waals surface area contributed by atoms with Crippen LogP contribution in [-0.4, -0.2) is 63.6 Å². The number of carbonyl (C=O) groups is 1. The van der Waals surface area contributed by atoms with Gasteiger partial charge in [-0.05, 0) is 42.0 Å². The van der Waals surface area contributed by atoms with Crippen LogP contribution in [0.25, 0.3) is 11.1 Å². The molecule has 0 unspecified atom stereocenters. The molecule has 1 aromatic heterocycles. The summed E-state index contributed by atoms with van der Waals surface area (Å²) < 4.78 is 23.0. The molecular formula is C21H21Cl2N3O5S. The number of amides is 1. The Labute approximate surface area is 196 Å². The standard InChI is InChI=1S/C21H21Cl2N3O5S/c22-15-9-14(10-16(23)11-15)13-30-21(28)26-5-3-25(4-6-26)7-8-32(29)17-1-2-18-19(12-17)31-20(27)24-18/h1-2,9-12H,3-8,13H2,(H,24,27)/t32-/m1/s1. The van der Waals surface area contributed by atoms with Crippen LogP contribution in [0.2, 0.25) is 10.0 Å². The van der Waals surface area contributed by atoms with Gasteiger partial charge in [-0.2, -0.15) is 0 Å². The summed E-state index contributed by atoms with van der Waals surface area (Å²) >= 11 is 11.9. The van der Waals surface area contributed by atoms with Gasteiger partial charge >= 0.3 is 11.8 Å². The van der Waals surface area contributed by atoms with E-state index in [1.165, 1.54) is 0 Å². The molecule has 0 spiro atoms. The quantitative estimate of drug-likeness (QED) is 0.559. The Morgan fingerprint density at radius 2 is 1.81 bits per heavy atom. The third-order valence-corrected chi connectivity index (χ3v) is 6.93. The molecule has 1 aliphatic heterocycles. The second-order valence-corrected chi connectivity index (χ2v) is 9.83. The third kappa shape index (κ3) is 5.72. The zero-order valence-corrected chi connectivity index (χ0v) is 19.3. The van der Waals surface area contributed by atoms with E-state index in [4.69, 9.17) is 32.4 Å². The van der Waals surface area contributed by atoms with Crippen molar-refractivity contribution in [2.24, 2.45) is 0 Å². The number of oxazole rings is 1. The van der Waals surface area contributed by atoms with Crippen molar-refractivity contribution in [2.45, 2.75) is 11.5 Å². The van der Waals surface area contributed by atoms with Crippen LogP contribution in [0.1, 0.15) is 5.56 Å². The SMILES string of the molecule is O=C(OCc1cc(Cl)cc(Cl)c1)N1CCN(CC[S@@](=O)c2ccc3[nH]c(=O)oc3c2)CC1. The van der Waals surface area contributed by atoms with Crippen molar-refractivity contribution in [3.05, 3.63) is 62.6 Å². The first-order valence-corrected chi connectivity index (χ1v) is 12.0. The summed E-state index contributed by atoms with van der Waals surface area (Å²) in [5, 5.41) is 0.985. The first kappa shape index (κ1) is 22.8. The monoisotopic (exact) mass is 497 g/mol. The molecule has 0 saturated carbocycles. The molecule has 0 radical (unpaired) electrons. The Bertz CT molecular complexity index is 1180. The second kappa shape index (κ2) is 10.1. The van der Waals surface area contributed by atoms with Crippen molar-refractivity contribution in [1.29, 1.82) is 0 Å². The van der Waals surface area contributed by atoms with E-state index < -0.39 is 16.6 Å². The second-order valence-electron chi connectivity index (χ2n) is 7.38. The highest BCUT2D eigenvalue weighted by atomic mass is 35.5. The molecule has 1 N–H and O–H groups in total. The largest absolute Gasteiger partial charge is 0.445 e. The highest BCUT2D eigenvalue weighted by Gasteiger charge is 2.22. The lowest BCUT2D eigenvalue weighted by Crippen LogP contribution is -2.49. The molecule has 0 aliphatic carbocycles. The number of aromatic amines is 1. The number of nitrogens with zero attached hydrogens (tertiary/aromatic N) is 2. The molecule has 1 atom stereocenters. The number of aromatic nitrogens is 1. The Kier molecular flexibility index (Phi) is 7.20. The van der Waals surface area contributed by atoms with E-state index in [1.54, 1.807) is 41.3 Å². The molecule has 8 nitrogen and oxygen atoms in total. The number of hydrogen-bond acceptors (Lipinski definition) is 6. The Balaban J connectivity index is 1.22. The Morgan fingerprint density at radius 3 is 2.53 bits per heavy atom. The van der Waals surface area contributed by atoms with Gasteiger partial charge in [-0.1, -0.05) is 23.2 Å². The van der Waals surface area contributed by atoms with E-state index in [1.807, 2.05) is 0 Å². The van der Waals surface area contributed by atoms with Gasteiger partial charge in [0, 0.05) is 53.4 Å². The molecule has 0 bridgehead atoms. The number of fused-ring (bicyclic) bond motifs is 1. The van der Waals surface area contributed by atoms with Gasteiger partial charge in [0.15, 0.2) is 5.58 Å². The third-order valence-electron chi connectivity index (χ3n) is 5.16. The van der Waals surface area contributed by atoms with Crippen molar-refractivity contribution < 1.29 is 18.2 Å². The zero-order chi connectivity index (χ0) is 22.7. The number of carbonyl (C=O) groups excluding carboxylic acids is 1. The molecule has 1 aliphatic rings. The van der Waals surface area contributed by atoms with E-state index in [-0.39, 0.29) is 12.7 Å². The van der Waals surface area contributed by atoms with E-state index in [2.05, 4.69) is 9.88 Å². The van der Waals surface area contributed by atoms with Gasteiger partial charge in [0.05, 0.1) is 16.3 Å². The van der Waals surface area contributed by atoms with Crippen LogP contribution < -0.4 is 5.76 Å². The average Bonchev–Trinajstić information content (AvgIpc) is 3.14. The zero-order valence-electron chi connectivity index (χ0n) is 17.0. The van der Waals surface area contributed by atoms with Crippen molar-refractivity contribution in [2.75, 3.05) is 38.5 Å². The summed E-state index contributed by atoms with van der Waals surface area (Å²) in [4.78, 5) is 30.6. The van der Waals surface area contributed by atoms with Crippen molar-refractivity contribution in [3.8, 4) is 0 Å². The van der Waals surface area contributed by atoms with Gasteiger partial charge in [0.2, 0.25) is 0 Å². The molecule has 1 fully saturated rings. The number of nitrogens with one attached hydrogen (secondary N) is 1. The van der Waals surface area contributed by atoms with Crippen molar-refractivity contribution in [1.82, 2.24) is 14.8 Å². The highest BCUT2D eigenvalue weighted by Crippen LogP contribution is 2.20. The van der Waals surface area contributed by atoms with Crippen LogP contribution in [0.5, 0.6) is 0 Å². The van der Waals surface area contributed by atoms with Gasteiger partial charge in [0.25, 0.3) is 0 Å². The lowest BCUT2D eigenvalue weighted by Gasteiger charge is -2.33. The number of rotatable bonds is 6. The molecule has 4 rings (SSSR count). The normalized spacial score (nSPS) is 15.8. The van der Waals surface area contributed by atoms with Gasteiger partial charge < -0.3 is 14.1 Å². The minimum atomic E-state index is -1.22. The predicted octanol–water partition coefficient (Wildman–Crippen LogP) is 3.49. The van der Waals surface area contributed by atoms with E-state index >= 15 is 0 Å². The highest BCUT2D eigenvalue weighted by molar-refractivity contribution is 7.85. The van der Waals surface area contributed by atoms with Crippen LogP contribution in [0.4, 0.5) is 4.79 Å². The van der Waals surface area contributed by atoms with Gasteiger partial charge in [-0.15, -0.1) is 0 Å². The summed E-state index contributed by atoms with van der Waals surface area (Å²) in [6, 6.07) is 10.1. The first-order chi connectivity index (χ1) is 15.4. The lowest BCUT2D eigenvalue weighted by molar-refractivity contribution is 0.0730. The molecule has 2 aromatic carbocycles. The summed E-state index contributed by atoms with van der Waals surface area (Å²) in [6.45, 7) is 3.13. The Morgan fingerprint density at radius 1 is 1.09 bits per heavy atom. The first-order valence-electron chi connectivity index (χ1n) is 9.98. The van der Waals surface area contributed by atoms with Gasteiger partial charge in [-0.25, -0.2) is 9.59 Å². The molecule has 32 heavy (non-hydrogen) atoms. The number of benzene rings is 2. The van der Waals surface area contributed by atoms with Crippen LogP contribution in [-0.2, 0) is 22.1 Å². The fourth-order valence-corrected chi connectivity index (χ4v) is 5.17. The van der Waals surface area contributed by atoms with Crippen LogP contribution >= 0.6 is 23.2 Å². The van der Waals surface area contributed by atoms with Crippen molar-refractivity contribution in [3.63, 3.8) is 0 Å². The van der Waals surface area contributed by atoms with E-state index in [0.29, 0.717) is 64.5 Å². The number of hydrogen-bond donors (Lipinski definition) is 1. The number of halogens is 2. The summed E-state index contributed by atoms with van der Waals surface area (Å²) in [5.41, 5.74) is 1.71. The smallest absolute Gasteiger partial charge is 0.417 e. The molecule has 170 valence electrons. The van der Waals surface area contributed by atoms with E-state index in [9.17, 15) is 13.8 Å². The fourth-order valence-electron chi connectivity index (χ4n) is 3.48. The maximum atomic E-state index is 12.6. The van der Waals surface area contributed by atoms with Gasteiger partial charge in [0.1, 0.15) is 6.61 Å². The fraction of sp³-hybridized carbons (Fsp3) is 0.333. The molecule has 3 aromatic rings. The molecule has 11 heteroatoms. The minimum absolute atomic E-state index is 0.101. The Hall–Kier alpha value is -2.33. The summed E-state index contributed by atoms with van der Waals surface area (Å²) in [5.74, 6) is -0.0872. The lowest BCUT2D eigenvalue weighted by atomic mass is 10.2. The maximum Gasteiger partial charge on any atom is 0.417 e. The van der Waals surface area contributed by atoms with Crippen LogP contribution in [0, 0.1) is 0 Å².